The van der Waals surface area contributed by atoms with Crippen LogP contribution in [0, 0.1) is 0 Å². The van der Waals surface area contributed by atoms with E-state index in [1.807, 2.05) is 0 Å². The van der Waals surface area contributed by atoms with Crippen molar-refractivity contribution in [3.63, 3.8) is 0 Å². The third-order valence-corrected chi connectivity index (χ3v) is 12.2. The molecule has 1 aliphatic carbocycles. The molecule has 9 N–H and O–H groups in total. The summed E-state index contributed by atoms with van der Waals surface area (Å²) in [5, 5.41) is 74.4. The lowest BCUT2D eigenvalue weighted by molar-refractivity contribution is -0.220. The summed E-state index contributed by atoms with van der Waals surface area (Å²) in [7, 11) is -5.15. The van der Waals surface area contributed by atoms with E-state index >= 15 is 0 Å². The van der Waals surface area contributed by atoms with Gasteiger partial charge in [0.25, 0.3) is 0 Å². The number of phosphoric acid groups is 1. The zero-order valence-corrected chi connectivity index (χ0v) is 38.0. The van der Waals surface area contributed by atoms with E-state index in [1.54, 1.807) is 6.08 Å². The second kappa shape index (κ2) is 35.9. The standard InChI is InChI=1S/C46H86NO12P/c1-3-5-7-9-11-13-15-17-18-19-20-22-24-26-28-30-32-34-39(49)38(36-58-60(56,57)59-46-44(54)42(52)41(51)43(53)45(46)55)47-40(50)35-37(48)33-31-29-27-25-23-21-16-14-12-10-8-6-4-2/h14,16,24,26,32,34,37-39,41-46,48-49,51-55H,3-13,15,17-23,25,27-31,33,35-36H2,1-2H3,(H,47,50)(H,56,57)/b16-14-,26-24+,34-32+. The van der Waals surface area contributed by atoms with E-state index in [1.165, 1.54) is 96.0 Å². The molecular formula is C46H86NO12P. The van der Waals surface area contributed by atoms with E-state index in [9.17, 15) is 50.0 Å². The Hall–Kier alpha value is -1.48. The topological polar surface area (TPSA) is 226 Å². The molecule has 0 aliphatic heterocycles. The van der Waals surface area contributed by atoms with Crippen molar-refractivity contribution in [1.29, 1.82) is 0 Å². The Morgan fingerprint density at radius 1 is 0.583 bits per heavy atom. The number of hydrogen-bond donors (Lipinski definition) is 9. The van der Waals surface area contributed by atoms with Gasteiger partial charge in [-0.05, 0) is 57.8 Å². The summed E-state index contributed by atoms with van der Waals surface area (Å²) in [5.41, 5.74) is 0. The minimum absolute atomic E-state index is 0.258. The summed E-state index contributed by atoms with van der Waals surface area (Å²) >= 11 is 0. The van der Waals surface area contributed by atoms with Crippen molar-refractivity contribution >= 4 is 13.7 Å². The molecule has 0 heterocycles. The fraction of sp³-hybridized carbons (Fsp3) is 0.848. The first-order chi connectivity index (χ1) is 28.8. The first-order valence-corrected chi connectivity index (χ1v) is 25.0. The van der Waals surface area contributed by atoms with Crippen molar-refractivity contribution in [3.05, 3.63) is 36.5 Å². The van der Waals surface area contributed by atoms with Gasteiger partial charge in [-0.1, -0.05) is 159 Å². The summed E-state index contributed by atoms with van der Waals surface area (Å²) in [5.74, 6) is -0.609. The highest BCUT2D eigenvalue weighted by molar-refractivity contribution is 7.47. The zero-order valence-electron chi connectivity index (χ0n) is 37.1. The highest BCUT2D eigenvalue weighted by atomic mass is 31.2. The number of carbonyl (C=O) groups is 1. The number of aliphatic hydroxyl groups excluding tert-OH is 7. The number of aliphatic hydroxyl groups is 7. The molecular weight excluding hydrogens is 789 g/mol. The van der Waals surface area contributed by atoms with Crippen LogP contribution in [0.3, 0.4) is 0 Å². The van der Waals surface area contributed by atoms with E-state index in [4.69, 9.17) is 9.05 Å². The van der Waals surface area contributed by atoms with Gasteiger partial charge < -0.3 is 46.0 Å². The molecule has 14 heteroatoms. The van der Waals surface area contributed by atoms with E-state index in [-0.39, 0.29) is 6.42 Å². The van der Waals surface area contributed by atoms with Gasteiger partial charge in [0.15, 0.2) is 0 Å². The number of rotatable bonds is 38. The minimum atomic E-state index is -5.15. The molecule has 8 atom stereocenters. The van der Waals surface area contributed by atoms with Crippen LogP contribution in [0.2, 0.25) is 0 Å². The Labute approximate surface area is 362 Å². The van der Waals surface area contributed by atoms with Crippen molar-refractivity contribution in [2.24, 2.45) is 0 Å². The fourth-order valence-corrected chi connectivity index (χ4v) is 8.28. The molecule has 352 valence electrons. The van der Waals surface area contributed by atoms with Crippen LogP contribution in [0.5, 0.6) is 0 Å². The van der Waals surface area contributed by atoms with Crippen molar-refractivity contribution in [3.8, 4) is 0 Å². The van der Waals surface area contributed by atoms with Crippen LogP contribution in [0.25, 0.3) is 0 Å². The van der Waals surface area contributed by atoms with Crippen LogP contribution < -0.4 is 5.32 Å². The van der Waals surface area contributed by atoms with Gasteiger partial charge in [-0.25, -0.2) is 4.57 Å². The van der Waals surface area contributed by atoms with Gasteiger partial charge in [-0.15, -0.1) is 0 Å². The monoisotopic (exact) mass is 876 g/mol. The molecule has 1 amide bonds. The second-order valence-electron chi connectivity index (χ2n) is 16.8. The summed E-state index contributed by atoms with van der Waals surface area (Å²) in [6.45, 7) is 3.70. The van der Waals surface area contributed by atoms with Gasteiger partial charge >= 0.3 is 7.82 Å². The van der Waals surface area contributed by atoms with Gasteiger partial charge in [0.05, 0.1) is 31.3 Å². The Morgan fingerprint density at radius 2 is 0.983 bits per heavy atom. The predicted molar refractivity (Wildman–Crippen MR) is 238 cm³/mol. The van der Waals surface area contributed by atoms with Crippen LogP contribution in [-0.4, -0.2) is 108 Å². The molecule has 8 unspecified atom stereocenters. The molecule has 60 heavy (non-hydrogen) atoms. The Morgan fingerprint density at radius 3 is 1.48 bits per heavy atom. The average molecular weight is 876 g/mol. The van der Waals surface area contributed by atoms with Gasteiger partial charge in [0.1, 0.15) is 36.6 Å². The van der Waals surface area contributed by atoms with Crippen molar-refractivity contribution in [2.45, 2.75) is 242 Å². The lowest BCUT2D eigenvalue weighted by atomic mass is 9.85. The maximum absolute atomic E-state index is 13.0. The molecule has 1 aliphatic rings. The second-order valence-corrected chi connectivity index (χ2v) is 18.2. The number of hydrogen-bond acceptors (Lipinski definition) is 11. The van der Waals surface area contributed by atoms with Gasteiger partial charge in [0, 0.05) is 0 Å². The van der Waals surface area contributed by atoms with Crippen molar-refractivity contribution in [1.82, 2.24) is 5.32 Å². The molecule has 1 rings (SSSR count). The lowest BCUT2D eigenvalue weighted by Crippen LogP contribution is -2.64. The molecule has 13 nitrogen and oxygen atoms in total. The maximum Gasteiger partial charge on any atom is 0.472 e. The average Bonchev–Trinajstić information content (AvgIpc) is 3.22. The van der Waals surface area contributed by atoms with Gasteiger partial charge in [0.2, 0.25) is 5.91 Å². The molecule has 0 bridgehead atoms. The Kier molecular flexibility index (Phi) is 33.8. The summed E-state index contributed by atoms with van der Waals surface area (Å²) < 4.78 is 22.8. The normalized spacial score (nSPS) is 23.7. The number of amides is 1. The zero-order chi connectivity index (χ0) is 44.4. The molecule has 0 spiro atoms. The quantitative estimate of drug-likeness (QED) is 0.0165. The predicted octanol–water partition coefficient (Wildman–Crippen LogP) is 7.75. The Bertz CT molecular complexity index is 1170. The molecule has 0 aromatic carbocycles. The smallest absolute Gasteiger partial charge is 0.393 e. The fourth-order valence-electron chi connectivity index (χ4n) is 7.31. The maximum atomic E-state index is 13.0. The van der Waals surface area contributed by atoms with Crippen LogP contribution in [0.1, 0.15) is 187 Å². The summed E-state index contributed by atoms with van der Waals surface area (Å²) in [6, 6.07) is -1.26. The van der Waals surface area contributed by atoms with Crippen molar-refractivity contribution < 1.29 is 59.0 Å². The first kappa shape index (κ1) is 56.5. The number of phosphoric ester groups is 1. The number of nitrogens with one attached hydrogen (secondary N) is 1. The Balaban J connectivity index is 2.59. The van der Waals surface area contributed by atoms with Gasteiger partial charge in [-0.3, -0.25) is 13.8 Å². The molecule has 0 radical (unpaired) electrons. The van der Waals surface area contributed by atoms with Crippen LogP contribution in [-0.2, 0) is 18.4 Å². The molecule has 0 aromatic rings. The largest absolute Gasteiger partial charge is 0.472 e. The van der Waals surface area contributed by atoms with E-state index in [0.29, 0.717) is 12.8 Å². The van der Waals surface area contributed by atoms with Crippen LogP contribution in [0.4, 0.5) is 0 Å². The number of unbranched alkanes of at least 4 members (excludes halogenated alkanes) is 21. The van der Waals surface area contributed by atoms with Crippen LogP contribution in [0.15, 0.2) is 36.5 Å². The summed E-state index contributed by atoms with van der Waals surface area (Å²) in [4.78, 5) is 23.4. The molecule has 0 saturated heterocycles. The summed E-state index contributed by atoms with van der Waals surface area (Å²) in [6.07, 6.45) is 26.6. The van der Waals surface area contributed by atoms with E-state index < -0.39 is 75.2 Å². The SMILES string of the molecule is CCCCCC/C=C\CCCCCCCC(O)CC(=O)NC(COP(=O)(O)OC1C(O)C(O)C(O)C(O)C1O)C(O)/C=C/CC/C=C/CCCCCCCCCCCCC. The highest BCUT2D eigenvalue weighted by Crippen LogP contribution is 2.47. The first-order valence-electron chi connectivity index (χ1n) is 23.5. The minimum Gasteiger partial charge on any atom is -0.393 e. The third kappa shape index (κ3) is 27.6. The third-order valence-electron chi connectivity index (χ3n) is 11.2. The number of allylic oxidation sites excluding steroid dienone is 5. The molecule has 1 fully saturated rings. The molecule has 1 saturated carbocycles. The van der Waals surface area contributed by atoms with Gasteiger partial charge in [-0.2, -0.15) is 0 Å². The number of carbonyl (C=O) groups excluding carboxylic acids is 1. The van der Waals surface area contributed by atoms with E-state index in [0.717, 1.165) is 64.2 Å². The van der Waals surface area contributed by atoms with E-state index in [2.05, 4.69) is 43.5 Å². The molecule has 0 aromatic heterocycles. The van der Waals surface area contributed by atoms with Crippen LogP contribution >= 0.6 is 7.82 Å². The lowest BCUT2D eigenvalue weighted by Gasteiger charge is -2.41. The van der Waals surface area contributed by atoms with Crippen molar-refractivity contribution in [2.75, 3.05) is 6.61 Å². The highest BCUT2D eigenvalue weighted by Gasteiger charge is 2.51.